The van der Waals surface area contributed by atoms with Gasteiger partial charge >= 0.3 is 23.1 Å². The Morgan fingerprint density at radius 1 is 0.846 bits per heavy atom. The Morgan fingerprint density at radius 3 is 2.15 bits per heavy atom. The monoisotopic (exact) mass is 246 g/mol. The van der Waals surface area contributed by atoms with E-state index in [-0.39, 0.29) is 45.8 Å². The van der Waals surface area contributed by atoms with Crippen LogP contribution in [0.5, 0.6) is 5.75 Å². The molecule has 0 bridgehead atoms. The van der Waals surface area contributed by atoms with Crippen LogP contribution in [0.1, 0.15) is 0 Å². The Hall–Kier alpha value is -0.254. The van der Waals surface area contributed by atoms with Crippen molar-refractivity contribution in [3.05, 3.63) is 42.5 Å². The summed E-state index contributed by atoms with van der Waals surface area (Å²) < 4.78 is 0. The molecule has 1 nitrogen and oxygen atoms in total. The van der Waals surface area contributed by atoms with E-state index in [0.29, 0.717) is 0 Å². The summed E-state index contributed by atoms with van der Waals surface area (Å²) in [5.41, 5.74) is 0. The largest absolute Gasteiger partial charge is 2.00 e. The summed E-state index contributed by atoms with van der Waals surface area (Å²) in [6.45, 7) is 0. The fraction of sp³-hybridized carbons (Fsp3) is 0. The van der Waals surface area contributed by atoms with Gasteiger partial charge in [-0.15, -0.1) is 5.75 Å². The quantitative estimate of drug-likeness (QED) is 0.522. The molecule has 0 atom stereocenters. The molecule has 0 amide bonds. The number of fused-ring (bicyclic) bond motifs is 1. The van der Waals surface area contributed by atoms with Crippen LogP contribution >= 0.6 is 0 Å². The summed E-state index contributed by atoms with van der Waals surface area (Å²) in [6.07, 6.45) is 0. The Kier molecular flexibility index (Phi) is 5.36. The van der Waals surface area contributed by atoms with Crippen molar-refractivity contribution in [3.8, 4) is 5.75 Å². The van der Waals surface area contributed by atoms with E-state index in [9.17, 15) is 5.11 Å². The number of benzene rings is 2. The summed E-state index contributed by atoms with van der Waals surface area (Å²) >= 11 is 0. The van der Waals surface area contributed by atoms with Crippen molar-refractivity contribution < 1.29 is 22.1 Å². The van der Waals surface area contributed by atoms with Gasteiger partial charge in [-0.2, -0.15) is 0 Å². The van der Waals surface area contributed by atoms with Gasteiger partial charge in [-0.1, -0.05) is 42.5 Å². The van der Waals surface area contributed by atoms with Crippen LogP contribution in [0.3, 0.4) is 0 Å². The zero-order valence-corrected chi connectivity index (χ0v) is 10.0. The molecule has 2 rings (SSSR count). The van der Waals surface area contributed by atoms with Gasteiger partial charge in [0.25, 0.3) is 0 Å². The third kappa shape index (κ3) is 2.59. The van der Waals surface area contributed by atoms with E-state index < -0.39 is 0 Å². The van der Waals surface area contributed by atoms with Gasteiger partial charge < -0.3 is 22.1 Å². The molecule has 0 saturated heterocycles. The maximum Gasteiger partial charge on any atom is 2.00 e. The summed E-state index contributed by atoms with van der Waals surface area (Å²) in [6, 6.07) is 12.9. The first-order valence-electron chi connectivity index (χ1n) is 3.53. The minimum Gasteiger partial charge on any atom is -1.00 e. The van der Waals surface area contributed by atoms with E-state index in [0.717, 1.165) is 10.8 Å². The number of rotatable bonds is 0. The van der Waals surface area contributed by atoms with E-state index in [4.69, 9.17) is 0 Å². The van der Waals surface area contributed by atoms with Gasteiger partial charge in [-0.3, -0.25) is 0 Å². The predicted molar refractivity (Wildman–Crippen MR) is 49.1 cm³/mol. The third-order valence-corrected chi connectivity index (χ3v) is 1.75. The van der Waals surface area contributed by atoms with Crippen molar-refractivity contribution in [2.75, 3.05) is 0 Å². The van der Waals surface area contributed by atoms with Gasteiger partial charge in [-0.05, 0) is 10.8 Å². The molecule has 0 aliphatic heterocycles. The van der Waals surface area contributed by atoms with Crippen molar-refractivity contribution in [1.82, 2.24) is 0 Å². The molecule has 0 aromatic heterocycles. The van der Waals surface area contributed by atoms with Gasteiger partial charge in [0.1, 0.15) is 0 Å². The van der Waals surface area contributed by atoms with Gasteiger partial charge in [0.15, 0.2) is 0 Å². The average Bonchev–Trinajstić information content (AvgIpc) is 2.06. The molecule has 2 aromatic rings. The summed E-state index contributed by atoms with van der Waals surface area (Å²) in [5, 5.41) is 13.0. The molecule has 0 N–H and O–H groups in total. The Labute approximate surface area is 104 Å². The number of halogens is 1. The van der Waals surface area contributed by atoms with Crippen molar-refractivity contribution in [1.29, 1.82) is 0 Å². The summed E-state index contributed by atoms with van der Waals surface area (Å²) in [5.74, 6) is 0.100. The molecule has 2 aromatic carbocycles. The van der Waals surface area contributed by atoms with Crippen molar-refractivity contribution >= 4 is 33.8 Å². The minimum atomic E-state index is 0. The van der Waals surface area contributed by atoms with Crippen LogP contribution in [-0.2, 0) is 0 Å². The smallest absolute Gasteiger partial charge is 1.00 e. The van der Waals surface area contributed by atoms with Gasteiger partial charge in [0.05, 0.1) is 0 Å². The second-order valence-corrected chi connectivity index (χ2v) is 2.48. The normalized spacial score (nSPS) is 8.62. The first kappa shape index (κ1) is 12.7. The van der Waals surface area contributed by atoms with Crippen LogP contribution in [0, 0.1) is 0 Å². The fourth-order valence-corrected chi connectivity index (χ4v) is 1.20. The Bertz CT molecular complexity index is 384. The number of hydrogen-bond donors (Lipinski definition) is 0. The predicted octanol–water partition coefficient (Wildman–Crippen LogP) is -1.46. The van der Waals surface area contributed by atoms with Crippen molar-refractivity contribution in [2.24, 2.45) is 0 Å². The molecule has 13 heavy (non-hydrogen) atoms. The van der Waals surface area contributed by atoms with Crippen LogP contribution in [0.4, 0.5) is 0 Å². The Balaban J connectivity index is 0.000000720. The molecule has 0 aliphatic carbocycles. The molecular formula is C10H7BrMgO. The SMILES string of the molecule is [Br-].[Mg+2].[O-]c1cccc2ccccc12. The van der Waals surface area contributed by atoms with Gasteiger partial charge in [0, 0.05) is 0 Å². The zero-order chi connectivity index (χ0) is 7.68. The molecule has 0 radical (unpaired) electrons. The van der Waals surface area contributed by atoms with E-state index >= 15 is 0 Å². The molecule has 0 unspecified atom stereocenters. The van der Waals surface area contributed by atoms with Crippen LogP contribution in [0.2, 0.25) is 0 Å². The second kappa shape index (κ2) is 5.47. The van der Waals surface area contributed by atoms with Crippen LogP contribution < -0.4 is 22.1 Å². The first-order valence-corrected chi connectivity index (χ1v) is 3.53. The minimum absolute atomic E-state index is 0. The van der Waals surface area contributed by atoms with Crippen molar-refractivity contribution in [3.63, 3.8) is 0 Å². The van der Waals surface area contributed by atoms with E-state index in [1.165, 1.54) is 0 Å². The molecule has 62 valence electrons. The van der Waals surface area contributed by atoms with Crippen LogP contribution in [-0.4, -0.2) is 23.1 Å². The molecule has 0 heterocycles. The average molecular weight is 247 g/mol. The first-order chi connectivity index (χ1) is 5.38. The number of hydrogen-bond acceptors (Lipinski definition) is 1. The summed E-state index contributed by atoms with van der Waals surface area (Å²) in [4.78, 5) is 0. The maximum absolute atomic E-state index is 11.2. The van der Waals surface area contributed by atoms with Gasteiger partial charge in [0.2, 0.25) is 0 Å². The van der Waals surface area contributed by atoms with Crippen LogP contribution in [0.15, 0.2) is 42.5 Å². The van der Waals surface area contributed by atoms with Crippen LogP contribution in [0.25, 0.3) is 10.8 Å². The molecular weight excluding hydrogens is 240 g/mol. The van der Waals surface area contributed by atoms with E-state index in [1.807, 2.05) is 30.3 Å². The molecule has 3 heteroatoms. The Morgan fingerprint density at radius 2 is 1.46 bits per heavy atom. The molecule has 0 aliphatic rings. The third-order valence-electron chi connectivity index (χ3n) is 1.75. The standard InChI is InChI=1S/C10H8O.BrH.Mg/c11-10-7-3-5-8-4-1-2-6-9(8)10;;/h1-7,11H;1H;/q;;+2/p-2. The fourth-order valence-electron chi connectivity index (χ4n) is 1.20. The molecule has 0 saturated carbocycles. The molecule has 0 fully saturated rings. The zero-order valence-electron chi connectivity index (χ0n) is 7.03. The van der Waals surface area contributed by atoms with Crippen molar-refractivity contribution in [2.45, 2.75) is 0 Å². The summed E-state index contributed by atoms with van der Waals surface area (Å²) in [7, 11) is 0. The topological polar surface area (TPSA) is 23.1 Å². The second-order valence-electron chi connectivity index (χ2n) is 2.48. The van der Waals surface area contributed by atoms with E-state index in [1.54, 1.807) is 12.1 Å². The van der Waals surface area contributed by atoms with E-state index in [2.05, 4.69) is 0 Å². The molecule has 0 spiro atoms. The van der Waals surface area contributed by atoms with Gasteiger partial charge in [-0.25, -0.2) is 0 Å². The maximum atomic E-state index is 11.2.